The third kappa shape index (κ3) is 1.80. The second-order valence-electron chi connectivity index (χ2n) is 4.31. The zero-order valence-electron chi connectivity index (χ0n) is 9.13. The van der Waals surface area contributed by atoms with Crippen LogP contribution < -0.4 is 5.32 Å². The first-order valence-electron chi connectivity index (χ1n) is 5.20. The molecule has 0 unspecified atom stereocenters. The average molecular weight is 201 g/mol. The molecular weight excluding hydrogens is 186 g/mol. The molecule has 0 fully saturated rings. The average Bonchev–Trinajstić information content (AvgIpc) is 2.16. The molecule has 0 saturated carbocycles. The van der Waals surface area contributed by atoms with Gasteiger partial charge in [-0.05, 0) is 23.1 Å². The molecule has 0 spiro atoms. The second kappa shape index (κ2) is 3.54. The van der Waals surface area contributed by atoms with Crippen LogP contribution in [0, 0.1) is 0 Å². The van der Waals surface area contributed by atoms with E-state index in [0.29, 0.717) is 5.92 Å². The van der Waals surface area contributed by atoms with E-state index in [1.165, 1.54) is 5.56 Å². The normalized spacial score (nSPS) is 15.1. The van der Waals surface area contributed by atoms with E-state index < -0.39 is 0 Å². The van der Waals surface area contributed by atoms with Crippen molar-refractivity contribution in [1.82, 2.24) is 5.32 Å². The van der Waals surface area contributed by atoms with Crippen molar-refractivity contribution in [1.29, 1.82) is 0 Å². The summed E-state index contributed by atoms with van der Waals surface area (Å²) in [6, 6.07) is 6.05. The molecule has 1 aromatic carbocycles. The van der Waals surface area contributed by atoms with E-state index in [9.17, 15) is 4.79 Å². The third-order valence-corrected chi connectivity index (χ3v) is 2.73. The number of amides is 1. The molecular formula is C13H15NO. The van der Waals surface area contributed by atoms with Gasteiger partial charge in [-0.3, -0.25) is 4.79 Å². The number of fused-ring (bicyclic) bond motifs is 1. The van der Waals surface area contributed by atoms with Gasteiger partial charge in [-0.1, -0.05) is 32.6 Å². The molecule has 1 aliphatic heterocycles. The monoisotopic (exact) mass is 201 g/mol. The van der Waals surface area contributed by atoms with Gasteiger partial charge in [-0.25, -0.2) is 0 Å². The smallest absolute Gasteiger partial charge is 0.255 e. The van der Waals surface area contributed by atoms with Crippen LogP contribution in [0.1, 0.15) is 41.3 Å². The van der Waals surface area contributed by atoms with Gasteiger partial charge in [0.1, 0.15) is 0 Å². The summed E-state index contributed by atoms with van der Waals surface area (Å²) in [6.07, 6.45) is 0.752. The molecule has 78 valence electrons. The van der Waals surface area contributed by atoms with Crippen LogP contribution in [0.2, 0.25) is 0 Å². The predicted octanol–water partition coefficient (Wildman–Crippen LogP) is 2.61. The molecule has 0 aromatic heterocycles. The maximum atomic E-state index is 11.6. The lowest BCUT2D eigenvalue weighted by atomic mass is 9.93. The molecule has 0 radical (unpaired) electrons. The highest BCUT2D eigenvalue weighted by Gasteiger charge is 2.19. The molecule has 1 aliphatic rings. The summed E-state index contributed by atoms with van der Waals surface area (Å²) in [6.45, 7) is 8.11. The maximum absolute atomic E-state index is 11.6. The molecule has 1 heterocycles. The van der Waals surface area contributed by atoms with E-state index in [0.717, 1.165) is 23.2 Å². The van der Waals surface area contributed by atoms with Crippen molar-refractivity contribution in [3.05, 3.63) is 47.2 Å². The van der Waals surface area contributed by atoms with Crippen molar-refractivity contribution in [2.24, 2.45) is 0 Å². The van der Waals surface area contributed by atoms with Gasteiger partial charge < -0.3 is 5.32 Å². The van der Waals surface area contributed by atoms with E-state index in [4.69, 9.17) is 0 Å². The summed E-state index contributed by atoms with van der Waals surface area (Å²) in [5.41, 5.74) is 3.94. The summed E-state index contributed by atoms with van der Waals surface area (Å²) < 4.78 is 0. The van der Waals surface area contributed by atoms with Gasteiger partial charge >= 0.3 is 0 Å². The highest BCUT2D eigenvalue weighted by atomic mass is 16.1. The van der Waals surface area contributed by atoms with E-state index in [1.807, 2.05) is 12.1 Å². The zero-order chi connectivity index (χ0) is 11.0. The molecule has 0 bridgehead atoms. The summed E-state index contributed by atoms with van der Waals surface area (Å²) in [7, 11) is 0. The lowest BCUT2D eigenvalue weighted by Crippen LogP contribution is -2.29. The number of allylic oxidation sites excluding steroid dienone is 1. The molecule has 2 nitrogen and oxygen atoms in total. The number of hydrogen-bond acceptors (Lipinski definition) is 1. The second-order valence-corrected chi connectivity index (χ2v) is 4.31. The minimum atomic E-state index is -0.0310. The summed E-state index contributed by atoms with van der Waals surface area (Å²) in [5.74, 6) is 0.463. The van der Waals surface area contributed by atoms with Gasteiger partial charge in [-0.15, -0.1) is 0 Å². The van der Waals surface area contributed by atoms with Crippen molar-refractivity contribution in [3.8, 4) is 0 Å². The van der Waals surface area contributed by atoms with Crippen LogP contribution in [0.4, 0.5) is 0 Å². The van der Waals surface area contributed by atoms with Crippen LogP contribution in [0.25, 0.3) is 0 Å². The van der Waals surface area contributed by atoms with Gasteiger partial charge in [0.2, 0.25) is 0 Å². The fraction of sp³-hybridized carbons (Fsp3) is 0.308. The summed E-state index contributed by atoms with van der Waals surface area (Å²) in [4.78, 5) is 11.6. The zero-order valence-corrected chi connectivity index (χ0v) is 9.13. The summed E-state index contributed by atoms with van der Waals surface area (Å²) in [5, 5.41) is 2.75. The van der Waals surface area contributed by atoms with Gasteiger partial charge in [0.25, 0.3) is 5.91 Å². The minimum Gasteiger partial charge on any atom is -0.326 e. The van der Waals surface area contributed by atoms with Crippen LogP contribution in [0.5, 0.6) is 0 Å². The fourth-order valence-corrected chi connectivity index (χ4v) is 1.84. The molecule has 0 atom stereocenters. The molecule has 1 amide bonds. The molecule has 2 heteroatoms. The maximum Gasteiger partial charge on any atom is 0.255 e. The Labute approximate surface area is 90.0 Å². The Bertz CT molecular complexity index is 432. The Morgan fingerprint density at radius 1 is 1.40 bits per heavy atom. The molecule has 0 saturated heterocycles. The van der Waals surface area contributed by atoms with Crippen molar-refractivity contribution < 1.29 is 4.79 Å². The Hall–Kier alpha value is -1.57. The van der Waals surface area contributed by atoms with Crippen LogP contribution in [-0.4, -0.2) is 5.91 Å². The van der Waals surface area contributed by atoms with E-state index in [2.05, 4.69) is 31.8 Å². The van der Waals surface area contributed by atoms with Gasteiger partial charge in [0.05, 0.1) is 0 Å². The predicted molar refractivity (Wildman–Crippen MR) is 60.8 cm³/mol. The molecule has 15 heavy (non-hydrogen) atoms. The first kappa shape index (κ1) is 9.97. The fourth-order valence-electron chi connectivity index (χ4n) is 1.84. The number of carbonyl (C=O) groups excluding carboxylic acids is 1. The highest BCUT2D eigenvalue weighted by Crippen LogP contribution is 2.23. The van der Waals surface area contributed by atoms with E-state index in [-0.39, 0.29) is 5.91 Å². The molecule has 0 aliphatic carbocycles. The van der Waals surface area contributed by atoms with E-state index >= 15 is 0 Å². The van der Waals surface area contributed by atoms with Crippen molar-refractivity contribution in [2.45, 2.75) is 26.2 Å². The SMILES string of the molecule is C=C1Cc2cc(C(C)C)ccc2C(=O)N1. The van der Waals surface area contributed by atoms with Gasteiger partial charge in [0, 0.05) is 17.7 Å². The topological polar surface area (TPSA) is 29.1 Å². The first-order chi connectivity index (χ1) is 7.08. The first-order valence-corrected chi connectivity index (χ1v) is 5.20. The standard InChI is InChI=1S/C13H15NO/c1-8(2)10-4-5-12-11(7-10)6-9(3)14-13(12)15/h4-5,7-8H,3,6H2,1-2H3,(H,14,15). The molecule has 2 rings (SSSR count). The summed E-state index contributed by atoms with van der Waals surface area (Å²) >= 11 is 0. The van der Waals surface area contributed by atoms with Crippen molar-refractivity contribution in [2.75, 3.05) is 0 Å². The van der Waals surface area contributed by atoms with Crippen LogP contribution in [-0.2, 0) is 6.42 Å². The van der Waals surface area contributed by atoms with Gasteiger partial charge in [0.15, 0.2) is 0 Å². The largest absolute Gasteiger partial charge is 0.326 e. The Kier molecular flexibility index (Phi) is 2.35. The lowest BCUT2D eigenvalue weighted by molar-refractivity contribution is 0.0959. The van der Waals surface area contributed by atoms with Crippen LogP contribution in [0.3, 0.4) is 0 Å². The number of benzene rings is 1. The van der Waals surface area contributed by atoms with E-state index in [1.54, 1.807) is 0 Å². The minimum absolute atomic E-state index is 0.0310. The van der Waals surface area contributed by atoms with Gasteiger partial charge in [-0.2, -0.15) is 0 Å². The number of carbonyl (C=O) groups is 1. The molecule has 1 N–H and O–H groups in total. The lowest BCUT2D eigenvalue weighted by Gasteiger charge is -2.19. The Morgan fingerprint density at radius 3 is 2.80 bits per heavy atom. The van der Waals surface area contributed by atoms with Crippen LogP contribution >= 0.6 is 0 Å². The molecule has 1 aromatic rings. The quantitative estimate of drug-likeness (QED) is 0.743. The number of nitrogens with one attached hydrogen (secondary N) is 1. The number of rotatable bonds is 1. The highest BCUT2D eigenvalue weighted by molar-refractivity contribution is 5.98. The van der Waals surface area contributed by atoms with Crippen molar-refractivity contribution in [3.63, 3.8) is 0 Å². The Balaban J connectivity index is 2.48. The number of hydrogen-bond donors (Lipinski definition) is 1. The third-order valence-electron chi connectivity index (χ3n) is 2.73. The van der Waals surface area contributed by atoms with Crippen LogP contribution in [0.15, 0.2) is 30.5 Å². The Morgan fingerprint density at radius 2 is 2.13 bits per heavy atom. The van der Waals surface area contributed by atoms with Crippen molar-refractivity contribution >= 4 is 5.91 Å².